The van der Waals surface area contributed by atoms with Crippen LogP contribution >= 0.6 is 0 Å². The van der Waals surface area contributed by atoms with E-state index < -0.39 is 15.8 Å². The Balaban J connectivity index is 1.20. The number of rotatable bonds is 11. The highest BCUT2D eigenvalue weighted by Crippen LogP contribution is 2.22. The lowest BCUT2D eigenvalue weighted by atomic mass is 10.1. The molecule has 3 aromatic carbocycles. The standard InChI is InChI=1S/C25H26N2O5S/c28-25(29)18-27-13-10-21-16-22(7-9-24(21)27)32-14-12-26-11-3-15-33(30,31)23-8-6-19-4-1-2-5-20(19)17-23/h1-2,4-10,13,16-17,26H,3,11-12,14-15,18H2,(H,28,29). The van der Waals surface area contributed by atoms with E-state index in [9.17, 15) is 13.2 Å². The molecule has 0 saturated heterocycles. The van der Waals surface area contributed by atoms with E-state index in [0.717, 1.165) is 21.7 Å². The molecule has 1 aromatic heterocycles. The lowest BCUT2D eigenvalue weighted by Gasteiger charge is -2.09. The van der Waals surface area contributed by atoms with Crippen molar-refractivity contribution in [2.45, 2.75) is 17.9 Å². The third-order valence-corrected chi connectivity index (χ3v) is 7.24. The maximum atomic E-state index is 12.6. The quantitative estimate of drug-likeness (QED) is 0.327. The largest absolute Gasteiger partial charge is 0.492 e. The molecule has 8 heteroatoms. The predicted molar refractivity (Wildman–Crippen MR) is 129 cm³/mol. The van der Waals surface area contributed by atoms with E-state index in [-0.39, 0.29) is 12.3 Å². The van der Waals surface area contributed by atoms with E-state index >= 15 is 0 Å². The zero-order valence-corrected chi connectivity index (χ0v) is 18.9. The summed E-state index contributed by atoms with van der Waals surface area (Å²) in [4.78, 5) is 11.3. The van der Waals surface area contributed by atoms with Gasteiger partial charge < -0.3 is 19.7 Å². The zero-order chi connectivity index (χ0) is 23.3. The fraction of sp³-hybridized carbons (Fsp3) is 0.240. The molecule has 33 heavy (non-hydrogen) atoms. The summed E-state index contributed by atoms with van der Waals surface area (Å²) >= 11 is 0. The Bertz CT molecular complexity index is 1380. The molecule has 2 N–H and O–H groups in total. The summed E-state index contributed by atoms with van der Waals surface area (Å²) in [6.45, 7) is 1.53. The fourth-order valence-electron chi connectivity index (χ4n) is 3.78. The van der Waals surface area contributed by atoms with Gasteiger partial charge in [-0.05, 0) is 60.1 Å². The van der Waals surface area contributed by atoms with Crippen molar-refractivity contribution in [1.29, 1.82) is 0 Å². The second kappa shape index (κ2) is 10.1. The molecule has 0 aliphatic rings. The highest BCUT2D eigenvalue weighted by Gasteiger charge is 2.14. The van der Waals surface area contributed by atoms with Gasteiger partial charge in [-0.2, -0.15) is 0 Å². The van der Waals surface area contributed by atoms with Gasteiger partial charge in [0.05, 0.1) is 10.6 Å². The zero-order valence-electron chi connectivity index (χ0n) is 18.1. The number of sulfone groups is 1. The van der Waals surface area contributed by atoms with E-state index in [1.165, 1.54) is 0 Å². The number of nitrogens with one attached hydrogen (secondary N) is 1. The summed E-state index contributed by atoms with van der Waals surface area (Å²) in [7, 11) is -3.32. The smallest absolute Gasteiger partial charge is 0.323 e. The van der Waals surface area contributed by atoms with Gasteiger partial charge in [0.1, 0.15) is 18.9 Å². The van der Waals surface area contributed by atoms with Crippen molar-refractivity contribution in [3.8, 4) is 5.75 Å². The van der Waals surface area contributed by atoms with Gasteiger partial charge in [-0.1, -0.05) is 30.3 Å². The number of carbonyl (C=O) groups is 1. The number of aliphatic carboxylic acids is 1. The topological polar surface area (TPSA) is 97.6 Å². The number of ether oxygens (including phenoxy) is 1. The molecule has 0 aliphatic heterocycles. The van der Waals surface area contributed by atoms with Crippen LogP contribution in [0.2, 0.25) is 0 Å². The van der Waals surface area contributed by atoms with Gasteiger partial charge in [0.2, 0.25) is 0 Å². The van der Waals surface area contributed by atoms with Crippen LogP contribution in [0.4, 0.5) is 0 Å². The Morgan fingerprint density at radius 1 is 0.939 bits per heavy atom. The van der Waals surface area contributed by atoms with E-state index in [1.54, 1.807) is 22.9 Å². The molecule has 0 unspecified atom stereocenters. The van der Waals surface area contributed by atoms with Crippen LogP contribution in [0.5, 0.6) is 5.75 Å². The van der Waals surface area contributed by atoms with Crippen LogP contribution in [0, 0.1) is 0 Å². The highest BCUT2D eigenvalue weighted by molar-refractivity contribution is 7.91. The molecule has 1 heterocycles. The van der Waals surface area contributed by atoms with Gasteiger partial charge in [-0.3, -0.25) is 4.79 Å². The molecular formula is C25H26N2O5S. The predicted octanol–water partition coefficient (Wildman–Crippen LogP) is 3.71. The molecule has 0 saturated carbocycles. The van der Waals surface area contributed by atoms with E-state index in [1.807, 2.05) is 54.6 Å². The first-order valence-electron chi connectivity index (χ1n) is 10.8. The van der Waals surface area contributed by atoms with Crippen molar-refractivity contribution in [3.63, 3.8) is 0 Å². The molecule has 0 fully saturated rings. The summed E-state index contributed by atoms with van der Waals surface area (Å²) < 4.78 is 32.7. The second-order valence-corrected chi connectivity index (χ2v) is 9.95. The van der Waals surface area contributed by atoms with Crippen LogP contribution < -0.4 is 10.1 Å². The van der Waals surface area contributed by atoms with Crippen LogP contribution in [0.3, 0.4) is 0 Å². The number of carboxylic acids is 1. The minimum absolute atomic E-state index is 0.0792. The molecule has 7 nitrogen and oxygen atoms in total. The normalized spacial score (nSPS) is 11.8. The third-order valence-electron chi connectivity index (χ3n) is 5.44. The Hall–Kier alpha value is -3.36. The second-order valence-electron chi connectivity index (χ2n) is 7.84. The van der Waals surface area contributed by atoms with Gasteiger partial charge in [0.15, 0.2) is 9.84 Å². The van der Waals surface area contributed by atoms with Crippen molar-refractivity contribution >= 4 is 37.5 Å². The summed E-state index contributed by atoms with van der Waals surface area (Å²) in [6.07, 6.45) is 2.26. The van der Waals surface area contributed by atoms with Crippen LogP contribution in [0.25, 0.3) is 21.7 Å². The Morgan fingerprint density at radius 3 is 2.58 bits per heavy atom. The van der Waals surface area contributed by atoms with Gasteiger partial charge >= 0.3 is 5.97 Å². The fourth-order valence-corrected chi connectivity index (χ4v) is 5.13. The lowest BCUT2D eigenvalue weighted by Crippen LogP contribution is -2.23. The number of hydrogen-bond donors (Lipinski definition) is 2. The van der Waals surface area contributed by atoms with E-state index in [0.29, 0.717) is 36.8 Å². The third kappa shape index (κ3) is 5.71. The molecule has 0 amide bonds. The average molecular weight is 467 g/mol. The minimum Gasteiger partial charge on any atom is -0.492 e. The molecule has 0 aliphatic carbocycles. The Kier molecular flexibility index (Phi) is 6.96. The maximum absolute atomic E-state index is 12.6. The first kappa shape index (κ1) is 22.8. The summed E-state index contributed by atoms with van der Waals surface area (Å²) in [5.41, 5.74) is 0.843. The van der Waals surface area contributed by atoms with Crippen molar-refractivity contribution in [2.75, 3.05) is 25.4 Å². The van der Waals surface area contributed by atoms with Crippen molar-refractivity contribution in [3.05, 3.63) is 72.9 Å². The molecule has 172 valence electrons. The molecule has 0 radical (unpaired) electrons. The number of fused-ring (bicyclic) bond motifs is 2. The first-order valence-corrected chi connectivity index (χ1v) is 12.4. The molecule has 0 atom stereocenters. The molecular weight excluding hydrogens is 440 g/mol. The Labute approximate surface area is 192 Å². The van der Waals surface area contributed by atoms with Crippen LogP contribution in [0.15, 0.2) is 77.8 Å². The van der Waals surface area contributed by atoms with Gasteiger partial charge in [0, 0.05) is 23.6 Å². The number of hydrogen-bond acceptors (Lipinski definition) is 5. The van der Waals surface area contributed by atoms with Crippen LogP contribution in [-0.2, 0) is 21.2 Å². The van der Waals surface area contributed by atoms with Crippen LogP contribution in [0.1, 0.15) is 6.42 Å². The summed E-state index contributed by atoms with van der Waals surface area (Å²) in [5.74, 6) is -0.0938. The molecule has 0 bridgehead atoms. The minimum atomic E-state index is -3.32. The Morgan fingerprint density at radius 2 is 1.76 bits per heavy atom. The molecule has 0 spiro atoms. The maximum Gasteiger partial charge on any atom is 0.323 e. The first-order chi connectivity index (χ1) is 15.9. The number of nitrogens with zero attached hydrogens (tertiary/aromatic N) is 1. The van der Waals surface area contributed by atoms with E-state index in [2.05, 4.69) is 5.32 Å². The summed E-state index contributed by atoms with van der Waals surface area (Å²) in [6, 6.07) is 20.4. The number of aromatic nitrogens is 1. The number of carboxylic acid groups (broad SMARTS) is 1. The van der Waals surface area contributed by atoms with Gasteiger partial charge in [-0.15, -0.1) is 0 Å². The average Bonchev–Trinajstić information content (AvgIpc) is 3.19. The van der Waals surface area contributed by atoms with Crippen molar-refractivity contribution in [2.24, 2.45) is 0 Å². The van der Waals surface area contributed by atoms with Crippen molar-refractivity contribution in [1.82, 2.24) is 9.88 Å². The van der Waals surface area contributed by atoms with Gasteiger partial charge in [-0.25, -0.2) is 8.42 Å². The monoisotopic (exact) mass is 466 g/mol. The van der Waals surface area contributed by atoms with Crippen molar-refractivity contribution < 1.29 is 23.1 Å². The lowest BCUT2D eigenvalue weighted by molar-refractivity contribution is -0.137. The molecule has 4 aromatic rings. The highest BCUT2D eigenvalue weighted by atomic mass is 32.2. The number of benzene rings is 3. The van der Waals surface area contributed by atoms with Crippen LogP contribution in [-0.4, -0.2) is 49.5 Å². The molecule has 4 rings (SSSR count). The van der Waals surface area contributed by atoms with E-state index in [4.69, 9.17) is 9.84 Å². The SMILES string of the molecule is O=C(O)Cn1ccc2cc(OCCNCCCS(=O)(=O)c3ccc4ccccc4c3)ccc21. The summed E-state index contributed by atoms with van der Waals surface area (Å²) in [5, 5.41) is 15.0. The van der Waals surface area contributed by atoms with Gasteiger partial charge in [0.25, 0.3) is 0 Å².